The lowest BCUT2D eigenvalue weighted by Crippen LogP contribution is -2.40. The number of hydrogen-bond acceptors (Lipinski definition) is 4. The van der Waals surface area contributed by atoms with Crippen LogP contribution in [0.25, 0.3) is 0 Å². The van der Waals surface area contributed by atoms with E-state index in [2.05, 4.69) is 9.89 Å². The number of carbonyl (C=O) groups excluding carboxylic acids is 1. The zero-order valence-corrected chi connectivity index (χ0v) is 12.5. The Morgan fingerprint density at radius 1 is 1.47 bits per heavy atom. The van der Waals surface area contributed by atoms with E-state index in [1.54, 1.807) is 11.9 Å². The molecule has 0 N–H and O–H groups in total. The second kappa shape index (κ2) is 5.39. The third-order valence-corrected chi connectivity index (χ3v) is 3.32. The van der Waals surface area contributed by atoms with Crippen molar-refractivity contribution in [1.82, 2.24) is 9.80 Å². The summed E-state index contributed by atoms with van der Waals surface area (Å²) in [6.45, 7) is 9.09. The number of nitrogens with zero attached hydrogens (tertiary/aromatic N) is 3. The molecule has 0 atom stereocenters. The van der Waals surface area contributed by atoms with E-state index in [1.807, 2.05) is 20.8 Å². The van der Waals surface area contributed by atoms with Crippen molar-refractivity contribution in [2.75, 3.05) is 33.2 Å². The highest BCUT2D eigenvalue weighted by Crippen LogP contribution is 2.33. The molecular weight excluding hydrogens is 242 g/mol. The number of carbonyl (C=O) groups is 1. The second-order valence-corrected chi connectivity index (χ2v) is 6.40. The van der Waals surface area contributed by atoms with Gasteiger partial charge in [0.15, 0.2) is 0 Å². The molecule has 1 fully saturated rings. The van der Waals surface area contributed by atoms with Gasteiger partial charge in [-0.2, -0.15) is 0 Å². The highest BCUT2D eigenvalue weighted by atomic mass is 16.6. The molecule has 1 saturated carbocycles. The number of aliphatic imine (C=N–C) groups is 1. The zero-order chi connectivity index (χ0) is 14.0. The fourth-order valence-electron chi connectivity index (χ4n) is 2.16. The maximum absolute atomic E-state index is 11.8. The molecule has 0 aromatic heterocycles. The molecule has 0 bridgehead atoms. The summed E-state index contributed by atoms with van der Waals surface area (Å²) in [5, 5.41) is 0. The maximum atomic E-state index is 11.8. The van der Waals surface area contributed by atoms with E-state index in [1.165, 1.54) is 18.7 Å². The van der Waals surface area contributed by atoms with Crippen LogP contribution in [-0.2, 0) is 4.74 Å². The Balaban J connectivity index is 1.75. The van der Waals surface area contributed by atoms with Crippen LogP contribution in [0.3, 0.4) is 0 Å². The fourth-order valence-corrected chi connectivity index (χ4v) is 2.16. The summed E-state index contributed by atoms with van der Waals surface area (Å²) in [5.41, 5.74) is -0.431. The number of rotatable bonds is 4. The predicted octanol–water partition coefficient (Wildman–Crippen LogP) is 1.98. The smallest absolute Gasteiger partial charge is 0.410 e. The van der Waals surface area contributed by atoms with E-state index < -0.39 is 5.60 Å². The number of amides is 1. The number of hydrogen-bond donors (Lipinski definition) is 0. The molecule has 0 radical (unpaired) electrons. The molecular formula is C14H25N3O2. The van der Waals surface area contributed by atoms with Crippen LogP contribution in [0.4, 0.5) is 4.79 Å². The van der Waals surface area contributed by atoms with Crippen molar-refractivity contribution in [3.8, 4) is 0 Å². The van der Waals surface area contributed by atoms with Crippen LogP contribution in [0.1, 0.15) is 33.6 Å². The molecule has 1 amide bonds. The van der Waals surface area contributed by atoms with Gasteiger partial charge in [-0.15, -0.1) is 0 Å². The van der Waals surface area contributed by atoms with Gasteiger partial charge in [0.25, 0.3) is 0 Å². The lowest BCUT2D eigenvalue weighted by Gasteiger charge is -2.27. The highest BCUT2D eigenvalue weighted by Gasteiger charge is 2.33. The van der Waals surface area contributed by atoms with Crippen LogP contribution in [-0.4, -0.2) is 60.6 Å². The molecule has 0 aromatic carbocycles. The summed E-state index contributed by atoms with van der Waals surface area (Å²) >= 11 is 0. The van der Waals surface area contributed by atoms with Gasteiger partial charge in [-0.1, -0.05) is 0 Å². The molecule has 0 saturated heterocycles. The van der Waals surface area contributed by atoms with Crippen molar-refractivity contribution >= 4 is 11.9 Å². The second-order valence-electron chi connectivity index (χ2n) is 6.40. The molecule has 2 aliphatic rings. The van der Waals surface area contributed by atoms with Gasteiger partial charge in [-0.25, -0.2) is 4.79 Å². The molecule has 1 heterocycles. The largest absolute Gasteiger partial charge is 0.444 e. The Kier molecular flexibility index (Phi) is 4.02. The van der Waals surface area contributed by atoms with Gasteiger partial charge in [0.05, 0.1) is 6.54 Å². The van der Waals surface area contributed by atoms with Crippen LogP contribution >= 0.6 is 0 Å². The van der Waals surface area contributed by atoms with E-state index in [-0.39, 0.29) is 6.09 Å². The SMILES string of the molecule is CN(CCN1CCN=C1C1CC1)C(=O)OC(C)(C)C. The number of amidine groups is 1. The summed E-state index contributed by atoms with van der Waals surface area (Å²) in [6.07, 6.45) is 2.30. The van der Waals surface area contributed by atoms with Crippen LogP contribution < -0.4 is 0 Å². The quantitative estimate of drug-likeness (QED) is 0.782. The normalized spacial score (nSPS) is 19.4. The van der Waals surface area contributed by atoms with Gasteiger partial charge in [0, 0.05) is 32.6 Å². The molecule has 1 aliphatic carbocycles. The van der Waals surface area contributed by atoms with Gasteiger partial charge < -0.3 is 14.5 Å². The van der Waals surface area contributed by atoms with Crippen LogP contribution in [0.5, 0.6) is 0 Å². The van der Waals surface area contributed by atoms with Crippen molar-refractivity contribution in [2.45, 2.75) is 39.2 Å². The number of likely N-dealkylation sites (N-methyl/N-ethyl adjacent to an activating group) is 1. The molecule has 5 heteroatoms. The van der Waals surface area contributed by atoms with E-state index in [0.29, 0.717) is 12.5 Å². The first-order valence-corrected chi connectivity index (χ1v) is 7.10. The van der Waals surface area contributed by atoms with Crippen LogP contribution in [0.15, 0.2) is 4.99 Å². The van der Waals surface area contributed by atoms with Crippen molar-refractivity contribution in [3.05, 3.63) is 0 Å². The Morgan fingerprint density at radius 2 is 2.16 bits per heavy atom. The average molecular weight is 267 g/mol. The third kappa shape index (κ3) is 4.11. The summed E-state index contributed by atoms with van der Waals surface area (Å²) in [5.74, 6) is 1.95. The minimum absolute atomic E-state index is 0.253. The Labute approximate surface area is 115 Å². The van der Waals surface area contributed by atoms with Crippen LogP contribution in [0, 0.1) is 5.92 Å². The summed E-state index contributed by atoms with van der Waals surface area (Å²) in [4.78, 5) is 20.4. The molecule has 5 nitrogen and oxygen atoms in total. The van der Waals surface area contributed by atoms with Gasteiger partial charge in [-0.05, 0) is 33.6 Å². The van der Waals surface area contributed by atoms with Gasteiger partial charge in [-0.3, -0.25) is 4.99 Å². The van der Waals surface area contributed by atoms with Crippen molar-refractivity contribution in [1.29, 1.82) is 0 Å². The molecule has 2 rings (SSSR count). The van der Waals surface area contributed by atoms with E-state index in [9.17, 15) is 4.79 Å². The molecule has 108 valence electrons. The van der Waals surface area contributed by atoms with E-state index in [0.717, 1.165) is 19.6 Å². The molecule has 19 heavy (non-hydrogen) atoms. The first-order chi connectivity index (χ1) is 8.87. The lowest BCUT2D eigenvalue weighted by molar-refractivity contribution is 0.0292. The standard InChI is InChI=1S/C14H25N3O2/c1-14(2,3)19-13(18)16(4)9-10-17-8-7-15-12(17)11-5-6-11/h11H,5-10H2,1-4H3. The topological polar surface area (TPSA) is 45.1 Å². The summed E-state index contributed by atoms with van der Waals surface area (Å²) < 4.78 is 5.34. The third-order valence-electron chi connectivity index (χ3n) is 3.32. The van der Waals surface area contributed by atoms with Gasteiger partial charge in [0.1, 0.15) is 11.4 Å². The minimum atomic E-state index is -0.431. The van der Waals surface area contributed by atoms with Gasteiger partial charge in [0.2, 0.25) is 0 Å². The molecule has 1 aliphatic heterocycles. The van der Waals surface area contributed by atoms with Gasteiger partial charge >= 0.3 is 6.09 Å². The summed E-state index contributed by atoms with van der Waals surface area (Å²) in [7, 11) is 1.79. The molecule has 0 aromatic rings. The van der Waals surface area contributed by atoms with Crippen LogP contribution in [0.2, 0.25) is 0 Å². The fraction of sp³-hybridized carbons (Fsp3) is 0.857. The molecule has 0 unspecified atom stereocenters. The first-order valence-electron chi connectivity index (χ1n) is 7.10. The molecule has 0 spiro atoms. The van der Waals surface area contributed by atoms with E-state index in [4.69, 9.17) is 4.74 Å². The number of ether oxygens (including phenoxy) is 1. The lowest BCUT2D eigenvalue weighted by atomic mass is 10.2. The Hall–Kier alpha value is -1.26. The van der Waals surface area contributed by atoms with E-state index >= 15 is 0 Å². The average Bonchev–Trinajstić information content (AvgIpc) is 3.03. The summed E-state index contributed by atoms with van der Waals surface area (Å²) in [6, 6.07) is 0. The first kappa shape index (κ1) is 14.2. The predicted molar refractivity (Wildman–Crippen MR) is 75.5 cm³/mol. The Morgan fingerprint density at radius 3 is 2.74 bits per heavy atom. The maximum Gasteiger partial charge on any atom is 0.410 e. The van der Waals surface area contributed by atoms with Crippen molar-refractivity contribution in [2.24, 2.45) is 10.9 Å². The Bertz CT molecular complexity index is 369. The van der Waals surface area contributed by atoms with Crippen molar-refractivity contribution < 1.29 is 9.53 Å². The van der Waals surface area contributed by atoms with Crippen molar-refractivity contribution in [3.63, 3.8) is 0 Å². The minimum Gasteiger partial charge on any atom is -0.444 e. The zero-order valence-electron chi connectivity index (χ0n) is 12.5. The highest BCUT2D eigenvalue weighted by molar-refractivity contribution is 5.88. The monoisotopic (exact) mass is 267 g/mol.